The Balaban J connectivity index is 2.50. The molecule has 1 saturated heterocycles. The van der Waals surface area contributed by atoms with Gasteiger partial charge in [0.05, 0.1) is 0 Å². The highest BCUT2D eigenvalue weighted by atomic mass is 16.7. The summed E-state index contributed by atoms with van der Waals surface area (Å²) in [7, 11) is 1.26. The van der Waals surface area contributed by atoms with Crippen molar-refractivity contribution in [2.45, 2.75) is 70.0 Å². The lowest BCUT2D eigenvalue weighted by atomic mass is 9.99. The SMILES string of the molecule is CO[C@H]1O[C@H](COC(=O)[C@H](C)NC(=O)OC(C)(C)C)[C@@H](O)[C@H](O)[C@@H]1O. The molecule has 1 amide bonds. The molecule has 0 bridgehead atoms. The number of ether oxygens (including phenoxy) is 4. The number of methoxy groups -OCH3 is 1. The van der Waals surface area contributed by atoms with Gasteiger partial charge < -0.3 is 39.6 Å². The summed E-state index contributed by atoms with van der Waals surface area (Å²) in [6.45, 7) is 6.06. The van der Waals surface area contributed by atoms with Crippen LogP contribution in [-0.2, 0) is 23.7 Å². The van der Waals surface area contributed by atoms with Gasteiger partial charge in [0.2, 0.25) is 0 Å². The van der Waals surface area contributed by atoms with Crippen molar-refractivity contribution in [1.82, 2.24) is 5.32 Å². The molecule has 0 aromatic heterocycles. The first kappa shape index (κ1) is 21.6. The van der Waals surface area contributed by atoms with Crippen molar-refractivity contribution < 1.29 is 43.9 Å². The van der Waals surface area contributed by atoms with E-state index in [4.69, 9.17) is 18.9 Å². The number of alkyl carbamates (subject to hydrolysis) is 1. The smallest absolute Gasteiger partial charge is 0.408 e. The molecule has 0 saturated carbocycles. The fraction of sp³-hybridized carbons (Fsp3) is 0.867. The molecule has 1 aliphatic rings. The minimum absolute atomic E-state index is 0.399. The van der Waals surface area contributed by atoms with E-state index in [1.54, 1.807) is 20.8 Å². The molecule has 10 nitrogen and oxygen atoms in total. The fourth-order valence-electron chi connectivity index (χ4n) is 2.08. The summed E-state index contributed by atoms with van der Waals surface area (Å²) in [6.07, 6.45) is -7.45. The zero-order chi connectivity index (χ0) is 19.4. The van der Waals surface area contributed by atoms with Crippen LogP contribution in [0.3, 0.4) is 0 Å². The van der Waals surface area contributed by atoms with Gasteiger partial charge >= 0.3 is 12.1 Å². The van der Waals surface area contributed by atoms with Crippen LogP contribution in [0.25, 0.3) is 0 Å². The second kappa shape index (κ2) is 8.77. The number of amides is 1. The molecule has 0 radical (unpaired) electrons. The van der Waals surface area contributed by atoms with E-state index in [9.17, 15) is 24.9 Å². The first-order valence-electron chi connectivity index (χ1n) is 7.85. The number of aliphatic hydroxyl groups excluding tert-OH is 3. The number of nitrogens with one attached hydrogen (secondary N) is 1. The van der Waals surface area contributed by atoms with Crippen molar-refractivity contribution in [3.05, 3.63) is 0 Å². The summed E-state index contributed by atoms with van der Waals surface area (Å²) in [5, 5.41) is 31.6. The summed E-state index contributed by atoms with van der Waals surface area (Å²) in [4.78, 5) is 23.5. The Hall–Kier alpha value is -1.46. The first-order chi connectivity index (χ1) is 11.5. The van der Waals surface area contributed by atoms with Gasteiger partial charge in [0.1, 0.15) is 42.7 Å². The van der Waals surface area contributed by atoms with Gasteiger partial charge in [0.25, 0.3) is 0 Å². The lowest BCUT2D eigenvalue weighted by Crippen LogP contribution is -2.59. The Bertz CT molecular complexity index is 462. The third kappa shape index (κ3) is 6.40. The van der Waals surface area contributed by atoms with E-state index in [-0.39, 0.29) is 0 Å². The number of esters is 1. The van der Waals surface area contributed by atoms with Crippen LogP contribution >= 0.6 is 0 Å². The van der Waals surface area contributed by atoms with Crippen molar-refractivity contribution in [3.63, 3.8) is 0 Å². The molecule has 1 fully saturated rings. The average molecular weight is 365 g/mol. The zero-order valence-corrected chi connectivity index (χ0v) is 15.0. The summed E-state index contributed by atoms with van der Waals surface area (Å²) in [6, 6.07) is -0.996. The third-order valence-corrected chi connectivity index (χ3v) is 3.38. The van der Waals surface area contributed by atoms with Gasteiger partial charge in [-0.1, -0.05) is 0 Å². The van der Waals surface area contributed by atoms with Crippen LogP contribution in [-0.4, -0.2) is 83.4 Å². The van der Waals surface area contributed by atoms with Crippen LogP contribution < -0.4 is 5.32 Å². The molecule has 146 valence electrons. The van der Waals surface area contributed by atoms with Crippen LogP contribution in [0, 0.1) is 0 Å². The van der Waals surface area contributed by atoms with Gasteiger partial charge in [-0.3, -0.25) is 0 Å². The topological polar surface area (TPSA) is 144 Å². The van der Waals surface area contributed by atoms with E-state index in [0.29, 0.717) is 0 Å². The summed E-state index contributed by atoms with van der Waals surface area (Å²) >= 11 is 0. The molecule has 1 rings (SSSR count). The van der Waals surface area contributed by atoms with E-state index in [1.807, 2.05) is 0 Å². The largest absolute Gasteiger partial charge is 0.461 e. The lowest BCUT2D eigenvalue weighted by molar-refractivity contribution is -0.295. The van der Waals surface area contributed by atoms with Crippen LogP contribution in [0.5, 0.6) is 0 Å². The first-order valence-corrected chi connectivity index (χ1v) is 7.85. The van der Waals surface area contributed by atoms with E-state index >= 15 is 0 Å². The standard InChI is InChI=1S/C15H27NO9/c1-7(16-14(21)25-15(2,3)4)12(20)23-6-8-9(17)10(18)11(19)13(22-5)24-8/h7-11,13,17-19H,6H2,1-5H3,(H,16,21)/t7-,8+,9+,10-,11-,13-/m0/s1. The molecule has 10 heteroatoms. The van der Waals surface area contributed by atoms with Crippen molar-refractivity contribution in [2.24, 2.45) is 0 Å². The molecule has 6 atom stereocenters. The Morgan fingerprint density at radius 2 is 1.76 bits per heavy atom. The maximum atomic E-state index is 11.9. The van der Waals surface area contributed by atoms with Gasteiger partial charge in [0, 0.05) is 7.11 Å². The minimum Gasteiger partial charge on any atom is -0.461 e. The molecule has 1 aliphatic heterocycles. The monoisotopic (exact) mass is 365 g/mol. The summed E-state index contributed by atoms with van der Waals surface area (Å²) < 4.78 is 20.1. The summed E-state index contributed by atoms with van der Waals surface area (Å²) in [5.74, 6) is -0.781. The molecule has 25 heavy (non-hydrogen) atoms. The van der Waals surface area contributed by atoms with Gasteiger partial charge in [-0.15, -0.1) is 0 Å². The number of aliphatic hydroxyl groups is 3. The highest BCUT2D eigenvalue weighted by molar-refractivity contribution is 5.81. The van der Waals surface area contributed by atoms with Gasteiger partial charge in [0.15, 0.2) is 6.29 Å². The quantitative estimate of drug-likeness (QED) is 0.446. The molecule has 4 N–H and O–H groups in total. The number of rotatable bonds is 5. The predicted molar refractivity (Wildman–Crippen MR) is 83.5 cm³/mol. The molecule has 0 aromatic carbocycles. The van der Waals surface area contributed by atoms with Crippen LogP contribution in [0.1, 0.15) is 27.7 Å². The normalized spacial score (nSPS) is 31.1. The number of hydrogen-bond acceptors (Lipinski definition) is 9. The van der Waals surface area contributed by atoms with Crippen molar-refractivity contribution in [1.29, 1.82) is 0 Å². The van der Waals surface area contributed by atoms with Crippen LogP contribution in [0.4, 0.5) is 4.79 Å². The van der Waals surface area contributed by atoms with E-state index in [1.165, 1.54) is 14.0 Å². The predicted octanol–water partition coefficient (Wildman–Crippen LogP) is -1.10. The van der Waals surface area contributed by atoms with Crippen LogP contribution in [0.15, 0.2) is 0 Å². The van der Waals surface area contributed by atoms with E-state index in [0.717, 1.165) is 0 Å². The molecular weight excluding hydrogens is 338 g/mol. The number of hydrogen-bond donors (Lipinski definition) is 4. The molecule has 1 heterocycles. The minimum atomic E-state index is -1.51. The lowest BCUT2D eigenvalue weighted by Gasteiger charge is -2.39. The maximum absolute atomic E-state index is 11.9. The van der Waals surface area contributed by atoms with Crippen molar-refractivity contribution >= 4 is 12.1 Å². The highest BCUT2D eigenvalue weighted by Gasteiger charge is 2.44. The molecule has 0 aliphatic carbocycles. The Kier molecular flexibility index (Phi) is 7.57. The van der Waals surface area contributed by atoms with Crippen LogP contribution in [0.2, 0.25) is 0 Å². The van der Waals surface area contributed by atoms with Crippen molar-refractivity contribution in [2.75, 3.05) is 13.7 Å². The summed E-state index contributed by atoms with van der Waals surface area (Å²) in [5.41, 5.74) is -0.708. The molecule has 0 spiro atoms. The van der Waals surface area contributed by atoms with Gasteiger partial charge in [-0.05, 0) is 27.7 Å². The second-order valence-corrected chi connectivity index (χ2v) is 6.75. The fourth-order valence-corrected chi connectivity index (χ4v) is 2.08. The van der Waals surface area contributed by atoms with Gasteiger partial charge in [-0.2, -0.15) is 0 Å². The molecule has 0 aromatic rings. The van der Waals surface area contributed by atoms with Crippen molar-refractivity contribution in [3.8, 4) is 0 Å². The Morgan fingerprint density at radius 3 is 2.28 bits per heavy atom. The van der Waals surface area contributed by atoms with E-state index in [2.05, 4.69) is 5.32 Å². The molecule has 0 unspecified atom stereocenters. The zero-order valence-electron chi connectivity index (χ0n) is 15.0. The third-order valence-electron chi connectivity index (χ3n) is 3.38. The number of carbonyl (C=O) groups is 2. The van der Waals surface area contributed by atoms with Gasteiger partial charge in [-0.25, -0.2) is 9.59 Å². The maximum Gasteiger partial charge on any atom is 0.408 e. The highest BCUT2D eigenvalue weighted by Crippen LogP contribution is 2.22. The Morgan fingerprint density at radius 1 is 1.16 bits per heavy atom. The second-order valence-electron chi connectivity index (χ2n) is 6.75. The van der Waals surface area contributed by atoms with E-state index < -0.39 is 61.0 Å². The molecular formula is C15H27NO9. The average Bonchev–Trinajstić information content (AvgIpc) is 2.49. The number of carbonyl (C=O) groups excluding carboxylic acids is 2. The Labute approximate surface area is 146 Å².